The maximum Gasteiger partial charge on any atom is 0.278 e. The number of nitrogens with zero attached hydrogens (tertiary/aromatic N) is 3. The smallest absolute Gasteiger partial charge is 0.278 e. The number of para-hydroxylation sites is 1. The van der Waals surface area contributed by atoms with E-state index in [9.17, 15) is 4.79 Å². The molecule has 0 bridgehead atoms. The molecule has 3 rings (SSSR count). The van der Waals surface area contributed by atoms with Crippen LogP contribution in [0.1, 0.15) is 16.1 Å². The summed E-state index contributed by atoms with van der Waals surface area (Å²) in [5.41, 5.74) is 8.38. The molecule has 1 amide bonds. The van der Waals surface area contributed by atoms with E-state index in [0.29, 0.717) is 12.2 Å². The largest absolute Gasteiger partial charge is 0.326 e. The molecule has 0 spiro atoms. The first-order valence-electron chi connectivity index (χ1n) is 6.17. The van der Waals surface area contributed by atoms with E-state index in [1.54, 1.807) is 11.1 Å². The molecule has 0 saturated heterocycles. The molecule has 1 unspecified atom stereocenters. The second-order valence-corrected chi connectivity index (χ2v) is 4.60. The van der Waals surface area contributed by atoms with Crippen molar-refractivity contribution in [2.45, 2.75) is 12.5 Å². The van der Waals surface area contributed by atoms with E-state index in [1.807, 2.05) is 24.3 Å². The Balaban J connectivity index is 1.99. The number of carbonyl (C=O) groups is 1. The summed E-state index contributed by atoms with van der Waals surface area (Å²) < 4.78 is 0. The van der Waals surface area contributed by atoms with Crippen molar-refractivity contribution in [1.82, 2.24) is 9.97 Å². The third kappa shape index (κ3) is 2.20. The first-order valence-corrected chi connectivity index (χ1v) is 6.17. The lowest BCUT2D eigenvalue weighted by Gasteiger charge is -2.32. The Morgan fingerprint density at radius 1 is 1.32 bits per heavy atom. The summed E-state index contributed by atoms with van der Waals surface area (Å²) in [4.78, 5) is 22.2. The Kier molecular flexibility index (Phi) is 2.97. The quantitative estimate of drug-likeness (QED) is 0.824. The van der Waals surface area contributed by atoms with Crippen molar-refractivity contribution in [1.29, 1.82) is 0 Å². The lowest BCUT2D eigenvalue weighted by molar-refractivity contribution is 0.0978. The van der Waals surface area contributed by atoms with Gasteiger partial charge in [-0.25, -0.2) is 4.98 Å². The maximum atomic E-state index is 12.5. The molecular weight excluding hydrogens is 240 g/mol. The van der Waals surface area contributed by atoms with Gasteiger partial charge >= 0.3 is 0 Å². The van der Waals surface area contributed by atoms with Crippen molar-refractivity contribution < 1.29 is 4.79 Å². The van der Waals surface area contributed by atoms with Crippen LogP contribution in [-0.2, 0) is 6.42 Å². The fraction of sp³-hybridized carbons (Fsp3) is 0.214. The molecular formula is C14H14N4O. The second kappa shape index (κ2) is 4.78. The normalized spacial score (nSPS) is 17.9. The number of rotatable bonds is 1. The molecule has 1 atom stereocenters. The van der Waals surface area contributed by atoms with E-state index in [2.05, 4.69) is 9.97 Å². The van der Waals surface area contributed by atoms with Gasteiger partial charge in [0.25, 0.3) is 5.91 Å². The van der Waals surface area contributed by atoms with Gasteiger partial charge in [-0.1, -0.05) is 18.2 Å². The Bertz CT molecular complexity index is 599. The molecule has 96 valence electrons. The van der Waals surface area contributed by atoms with E-state index in [-0.39, 0.29) is 11.9 Å². The van der Waals surface area contributed by atoms with Gasteiger partial charge in [0.2, 0.25) is 0 Å². The van der Waals surface area contributed by atoms with Gasteiger partial charge in [-0.05, 0) is 18.1 Å². The zero-order valence-electron chi connectivity index (χ0n) is 10.4. The molecule has 0 aliphatic carbocycles. The van der Waals surface area contributed by atoms with Gasteiger partial charge < -0.3 is 10.6 Å². The van der Waals surface area contributed by atoms with Crippen molar-refractivity contribution in [2.24, 2.45) is 5.73 Å². The molecule has 5 heteroatoms. The highest BCUT2D eigenvalue weighted by Gasteiger charge is 2.27. The highest BCUT2D eigenvalue weighted by molar-refractivity contribution is 6.05. The molecule has 0 radical (unpaired) electrons. The fourth-order valence-electron chi connectivity index (χ4n) is 2.37. The molecule has 1 aromatic heterocycles. The van der Waals surface area contributed by atoms with Crippen LogP contribution in [0.25, 0.3) is 0 Å². The van der Waals surface area contributed by atoms with Crippen LogP contribution in [0, 0.1) is 0 Å². The first-order chi connectivity index (χ1) is 9.25. The van der Waals surface area contributed by atoms with E-state index >= 15 is 0 Å². The van der Waals surface area contributed by atoms with Gasteiger partial charge in [-0.2, -0.15) is 0 Å². The number of amides is 1. The zero-order valence-corrected chi connectivity index (χ0v) is 10.4. The predicted molar refractivity (Wildman–Crippen MR) is 71.8 cm³/mol. The Morgan fingerprint density at radius 3 is 2.95 bits per heavy atom. The van der Waals surface area contributed by atoms with Crippen molar-refractivity contribution in [3.63, 3.8) is 0 Å². The average Bonchev–Trinajstić information content (AvgIpc) is 2.46. The summed E-state index contributed by atoms with van der Waals surface area (Å²) in [6, 6.07) is 7.78. The maximum absolute atomic E-state index is 12.5. The highest BCUT2D eigenvalue weighted by atomic mass is 16.2. The molecule has 1 aliphatic heterocycles. The summed E-state index contributed by atoms with van der Waals surface area (Å²) >= 11 is 0. The van der Waals surface area contributed by atoms with Crippen LogP contribution in [0.5, 0.6) is 0 Å². The molecule has 2 N–H and O–H groups in total. The topological polar surface area (TPSA) is 72.1 Å². The zero-order chi connectivity index (χ0) is 13.2. The predicted octanol–water partition coefficient (Wildman–Crippen LogP) is 1.01. The minimum absolute atomic E-state index is 0.0458. The average molecular weight is 254 g/mol. The Hall–Kier alpha value is -2.27. The van der Waals surface area contributed by atoms with Gasteiger partial charge in [0.15, 0.2) is 0 Å². The molecule has 19 heavy (non-hydrogen) atoms. The number of hydrogen-bond acceptors (Lipinski definition) is 4. The number of nitrogens with two attached hydrogens (primary N) is 1. The van der Waals surface area contributed by atoms with Crippen LogP contribution in [0.2, 0.25) is 0 Å². The van der Waals surface area contributed by atoms with Crippen molar-refractivity contribution in [3.05, 3.63) is 54.1 Å². The molecule has 2 aromatic rings. The Morgan fingerprint density at radius 2 is 2.16 bits per heavy atom. The molecule has 0 fully saturated rings. The van der Waals surface area contributed by atoms with Crippen LogP contribution in [-0.4, -0.2) is 28.5 Å². The van der Waals surface area contributed by atoms with E-state index in [1.165, 1.54) is 12.4 Å². The highest BCUT2D eigenvalue weighted by Crippen LogP contribution is 2.27. The first kappa shape index (κ1) is 11.8. The number of fused-ring (bicyclic) bond motifs is 1. The van der Waals surface area contributed by atoms with E-state index in [4.69, 9.17) is 5.73 Å². The van der Waals surface area contributed by atoms with Crippen molar-refractivity contribution in [2.75, 3.05) is 11.4 Å². The van der Waals surface area contributed by atoms with Crippen LogP contribution in [0.3, 0.4) is 0 Å². The third-order valence-electron chi connectivity index (χ3n) is 3.21. The fourth-order valence-corrected chi connectivity index (χ4v) is 2.37. The van der Waals surface area contributed by atoms with Crippen LogP contribution >= 0.6 is 0 Å². The van der Waals surface area contributed by atoms with Gasteiger partial charge in [0, 0.05) is 30.7 Å². The summed E-state index contributed by atoms with van der Waals surface area (Å²) in [6.45, 7) is 0.506. The number of aromatic nitrogens is 2. The Labute approximate surface area is 111 Å². The minimum Gasteiger partial charge on any atom is -0.326 e. The molecule has 0 saturated carbocycles. The van der Waals surface area contributed by atoms with E-state index < -0.39 is 0 Å². The van der Waals surface area contributed by atoms with Gasteiger partial charge in [-0.3, -0.25) is 9.78 Å². The third-order valence-corrected chi connectivity index (χ3v) is 3.21. The number of carbonyl (C=O) groups excluding carboxylic acids is 1. The molecule has 2 heterocycles. The minimum atomic E-state index is -0.157. The van der Waals surface area contributed by atoms with Crippen molar-refractivity contribution in [3.8, 4) is 0 Å². The van der Waals surface area contributed by atoms with Crippen LogP contribution in [0.15, 0.2) is 42.9 Å². The van der Waals surface area contributed by atoms with Crippen LogP contribution < -0.4 is 10.6 Å². The number of hydrogen-bond donors (Lipinski definition) is 1. The summed E-state index contributed by atoms with van der Waals surface area (Å²) in [5.74, 6) is -0.157. The molecule has 5 nitrogen and oxygen atoms in total. The van der Waals surface area contributed by atoms with Crippen LogP contribution in [0.4, 0.5) is 5.69 Å². The number of benzene rings is 1. The molecule has 1 aliphatic rings. The SMILES string of the molecule is NC1Cc2ccccc2N(C(=O)c2cnccn2)C1. The number of anilines is 1. The standard InChI is InChI=1S/C14H14N4O/c15-11-7-10-3-1-2-4-13(10)18(9-11)14(19)12-8-16-5-6-17-12/h1-6,8,11H,7,9,15H2. The van der Waals surface area contributed by atoms with Gasteiger partial charge in [0.05, 0.1) is 6.20 Å². The van der Waals surface area contributed by atoms with Gasteiger partial charge in [0.1, 0.15) is 5.69 Å². The van der Waals surface area contributed by atoms with Gasteiger partial charge in [-0.15, -0.1) is 0 Å². The summed E-state index contributed by atoms with van der Waals surface area (Å²) in [7, 11) is 0. The van der Waals surface area contributed by atoms with Crippen molar-refractivity contribution >= 4 is 11.6 Å². The monoisotopic (exact) mass is 254 g/mol. The van der Waals surface area contributed by atoms with E-state index in [0.717, 1.165) is 17.7 Å². The molecule has 1 aromatic carbocycles. The summed E-state index contributed by atoms with van der Waals surface area (Å²) in [5, 5.41) is 0. The second-order valence-electron chi connectivity index (χ2n) is 4.60. The lowest BCUT2D eigenvalue weighted by Crippen LogP contribution is -2.46. The lowest BCUT2D eigenvalue weighted by atomic mass is 9.98. The summed E-state index contributed by atoms with van der Waals surface area (Å²) in [6.07, 6.45) is 5.33.